The van der Waals surface area contributed by atoms with Gasteiger partial charge in [0.05, 0.1) is 5.52 Å². The second-order valence-electron chi connectivity index (χ2n) is 3.75. The number of benzene rings is 1. The molecule has 0 fully saturated rings. The van der Waals surface area contributed by atoms with Crippen LogP contribution >= 0.6 is 0 Å². The van der Waals surface area contributed by atoms with Crippen molar-refractivity contribution in [2.45, 2.75) is 13.8 Å². The van der Waals surface area contributed by atoms with Crippen LogP contribution in [-0.2, 0) is 0 Å². The van der Waals surface area contributed by atoms with E-state index in [-0.39, 0.29) is 0 Å². The summed E-state index contributed by atoms with van der Waals surface area (Å²) in [6, 6.07) is 7.10. The fourth-order valence-corrected chi connectivity index (χ4v) is 1.77. The third-order valence-electron chi connectivity index (χ3n) is 2.51. The van der Waals surface area contributed by atoms with Crippen molar-refractivity contribution < 1.29 is 10.0 Å². The van der Waals surface area contributed by atoms with Gasteiger partial charge < -0.3 is 0 Å². The van der Waals surface area contributed by atoms with Gasteiger partial charge >= 0.3 is 0 Å². The molecule has 0 radical (unpaired) electrons. The van der Waals surface area contributed by atoms with E-state index in [1.54, 1.807) is 23.7 Å². The van der Waals surface area contributed by atoms with Gasteiger partial charge in [-0.2, -0.15) is 0 Å². The van der Waals surface area contributed by atoms with E-state index >= 15 is 0 Å². The number of nitrogens with one attached hydrogen (secondary N) is 1. The molecule has 0 spiro atoms. The average molecular weight is 216 g/mol. The van der Waals surface area contributed by atoms with Gasteiger partial charge in [0.1, 0.15) is 0 Å². The minimum atomic E-state index is -0.512. The Labute approximate surface area is 92.9 Å². The molecule has 16 heavy (non-hydrogen) atoms. The number of hydroxylamine groups is 1. The Morgan fingerprint density at radius 1 is 1.31 bits per heavy atom. The topological polar surface area (TPSA) is 62.2 Å². The lowest BCUT2D eigenvalue weighted by Gasteiger charge is -2.05. The highest BCUT2D eigenvalue weighted by Crippen LogP contribution is 2.19. The molecule has 0 aliphatic rings. The maximum atomic E-state index is 11.3. The zero-order valence-corrected chi connectivity index (χ0v) is 9.11. The summed E-state index contributed by atoms with van der Waals surface area (Å²) in [6.45, 7) is 3.90. The number of carbonyl (C=O) groups excluding carboxylic acids is 1. The van der Waals surface area contributed by atoms with Crippen molar-refractivity contribution in [1.82, 2.24) is 10.5 Å². The summed E-state index contributed by atoms with van der Waals surface area (Å²) in [4.78, 5) is 15.6. The predicted molar refractivity (Wildman–Crippen MR) is 60.5 cm³/mol. The minimum absolute atomic E-state index is 0.420. The number of amides is 1. The molecule has 0 aliphatic heterocycles. The fourth-order valence-electron chi connectivity index (χ4n) is 1.77. The molecule has 1 heterocycles. The number of carbonyl (C=O) groups is 1. The first-order valence-electron chi connectivity index (χ1n) is 4.94. The molecule has 1 aromatic heterocycles. The van der Waals surface area contributed by atoms with Crippen LogP contribution in [0.3, 0.4) is 0 Å². The van der Waals surface area contributed by atoms with Crippen molar-refractivity contribution >= 4 is 16.8 Å². The molecule has 0 bridgehead atoms. The first-order chi connectivity index (χ1) is 7.61. The van der Waals surface area contributed by atoms with E-state index in [2.05, 4.69) is 4.98 Å². The molecular formula is C12H12N2O2. The van der Waals surface area contributed by atoms with Crippen LogP contribution in [0.2, 0.25) is 0 Å². The third kappa shape index (κ3) is 1.75. The van der Waals surface area contributed by atoms with Gasteiger partial charge in [-0.25, -0.2) is 5.48 Å². The molecule has 4 nitrogen and oxygen atoms in total. The molecule has 0 atom stereocenters. The van der Waals surface area contributed by atoms with Gasteiger partial charge in [0, 0.05) is 16.6 Å². The Hall–Kier alpha value is -1.94. The lowest BCUT2D eigenvalue weighted by Crippen LogP contribution is -2.18. The van der Waals surface area contributed by atoms with Crippen LogP contribution in [0.4, 0.5) is 0 Å². The Morgan fingerprint density at radius 3 is 2.75 bits per heavy atom. The quantitative estimate of drug-likeness (QED) is 0.566. The van der Waals surface area contributed by atoms with Crippen molar-refractivity contribution in [2.24, 2.45) is 0 Å². The number of rotatable bonds is 1. The second-order valence-corrected chi connectivity index (χ2v) is 3.75. The van der Waals surface area contributed by atoms with Crippen molar-refractivity contribution in [2.75, 3.05) is 0 Å². The summed E-state index contributed by atoms with van der Waals surface area (Å²) in [6.07, 6.45) is 0. The lowest BCUT2D eigenvalue weighted by atomic mass is 10.1. The van der Waals surface area contributed by atoms with Gasteiger partial charge in [-0.05, 0) is 43.7 Å². The Kier molecular flexibility index (Phi) is 2.58. The van der Waals surface area contributed by atoms with Crippen molar-refractivity contribution in [3.8, 4) is 0 Å². The monoisotopic (exact) mass is 216 g/mol. The summed E-state index contributed by atoms with van der Waals surface area (Å²) in [7, 11) is 0. The molecule has 2 rings (SSSR count). The standard InChI is InChI=1S/C12H12N2O2/c1-7-5-8(2)13-11-4-3-9(6-10(7)11)12(15)14-16/h3-6,16H,1-2H3,(H,14,15). The molecule has 0 aliphatic carbocycles. The van der Waals surface area contributed by atoms with Crippen LogP contribution in [0.5, 0.6) is 0 Å². The molecule has 0 saturated carbocycles. The highest BCUT2D eigenvalue weighted by atomic mass is 16.5. The van der Waals surface area contributed by atoms with Crippen LogP contribution in [0.25, 0.3) is 10.9 Å². The maximum absolute atomic E-state index is 11.3. The zero-order valence-electron chi connectivity index (χ0n) is 9.11. The average Bonchev–Trinajstić information content (AvgIpc) is 2.27. The molecule has 1 aromatic carbocycles. The van der Waals surface area contributed by atoms with E-state index in [4.69, 9.17) is 5.21 Å². The van der Waals surface area contributed by atoms with E-state index in [9.17, 15) is 4.79 Å². The van der Waals surface area contributed by atoms with Crippen LogP contribution in [-0.4, -0.2) is 16.1 Å². The number of nitrogens with zero attached hydrogens (tertiary/aromatic N) is 1. The van der Waals surface area contributed by atoms with E-state index in [1.165, 1.54) is 0 Å². The number of hydrogen-bond acceptors (Lipinski definition) is 3. The summed E-state index contributed by atoms with van der Waals surface area (Å²) >= 11 is 0. The molecule has 82 valence electrons. The maximum Gasteiger partial charge on any atom is 0.274 e. The van der Waals surface area contributed by atoms with Crippen molar-refractivity contribution in [3.05, 3.63) is 41.1 Å². The van der Waals surface area contributed by atoms with E-state index in [1.807, 2.05) is 19.9 Å². The minimum Gasteiger partial charge on any atom is -0.288 e. The second kappa shape index (κ2) is 3.90. The van der Waals surface area contributed by atoms with Gasteiger partial charge in [0.25, 0.3) is 5.91 Å². The summed E-state index contributed by atoms with van der Waals surface area (Å²) < 4.78 is 0. The van der Waals surface area contributed by atoms with Gasteiger partial charge in [0.15, 0.2) is 0 Å². The number of aromatic nitrogens is 1. The van der Waals surface area contributed by atoms with E-state index < -0.39 is 5.91 Å². The van der Waals surface area contributed by atoms with Gasteiger partial charge in [-0.3, -0.25) is 15.0 Å². The number of hydrogen-bond donors (Lipinski definition) is 2. The highest BCUT2D eigenvalue weighted by molar-refractivity contribution is 5.97. The Bertz CT molecular complexity index is 564. The van der Waals surface area contributed by atoms with E-state index in [0.29, 0.717) is 5.56 Å². The molecular weight excluding hydrogens is 204 g/mol. The van der Waals surface area contributed by atoms with Crippen LogP contribution in [0, 0.1) is 13.8 Å². The summed E-state index contributed by atoms with van der Waals surface area (Å²) in [5.74, 6) is -0.512. The number of aryl methyl sites for hydroxylation is 2. The zero-order chi connectivity index (χ0) is 11.7. The molecule has 0 unspecified atom stereocenters. The Morgan fingerprint density at radius 2 is 2.06 bits per heavy atom. The first-order valence-corrected chi connectivity index (χ1v) is 4.94. The number of fused-ring (bicyclic) bond motifs is 1. The van der Waals surface area contributed by atoms with E-state index in [0.717, 1.165) is 22.2 Å². The first kappa shape index (κ1) is 10.6. The van der Waals surface area contributed by atoms with Gasteiger partial charge in [0.2, 0.25) is 0 Å². The SMILES string of the molecule is Cc1cc(C)c2cc(C(=O)NO)ccc2n1. The van der Waals surface area contributed by atoms with Gasteiger partial charge in [-0.15, -0.1) is 0 Å². The van der Waals surface area contributed by atoms with Crippen molar-refractivity contribution in [1.29, 1.82) is 0 Å². The number of pyridine rings is 1. The predicted octanol–water partition coefficient (Wildman–Crippen LogP) is 1.97. The molecule has 1 amide bonds. The summed E-state index contributed by atoms with van der Waals surface area (Å²) in [5, 5.41) is 9.48. The van der Waals surface area contributed by atoms with Crippen molar-refractivity contribution in [3.63, 3.8) is 0 Å². The smallest absolute Gasteiger partial charge is 0.274 e. The highest BCUT2D eigenvalue weighted by Gasteiger charge is 2.07. The lowest BCUT2D eigenvalue weighted by molar-refractivity contribution is 0.0706. The Balaban J connectivity index is 2.66. The molecule has 0 saturated heterocycles. The van der Waals surface area contributed by atoms with Crippen LogP contribution in [0.1, 0.15) is 21.6 Å². The largest absolute Gasteiger partial charge is 0.288 e. The molecule has 2 N–H and O–H groups in total. The van der Waals surface area contributed by atoms with Crippen LogP contribution in [0.15, 0.2) is 24.3 Å². The molecule has 2 aromatic rings. The summed E-state index contributed by atoms with van der Waals surface area (Å²) in [5.41, 5.74) is 4.90. The molecule has 4 heteroatoms. The third-order valence-corrected chi connectivity index (χ3v) is 2.51. The van der Waals surface area contributed by atoms with Gasteiger partial charge in [-0.1, -0.05) is 0 Å². The fraction of sp³-hybridized carbons (Fsp3) is 0.167. The normalized spacial score (nSPS) is 10.4. The van der Waals surface area contributed by atoms with Crippen LogP contribution < -0.4 is 5.48 Å².